The Bertz CT molecular complexity index is 1480. The first kappa shape index (κ1) is 28.1. The molecule has 0 aliphatic carbocycles. The Hall–Kier alpha value is -4.07. The number of fused-ring (bicyclic) bond motifs is 1. The minimum Gasteiger partial charge on any atom is -0.375 e. The molecule has 214 valence electrons. The lowest BCUT2D eigenvalue weighted by atomic mass is 9.95. The van der Waals surface area contributed by atoms with Crippen molar-refractivity contribution in [3.05, 3.63) is 162 Å². The van der Waals surface area contributed by atoms with E-state index in [0.717, 1.165) is 28.1 Å². The van der Waals surface area contributed by atoms with Crippen molar-refractivity contribution >= 4 is 0 Å². The first-order chi connectivity index (χ1) is 20.8. The summed E-state index contributed by atoms with van der Waals surface area (Å²) < 4.78 is 28.6. The van der Waals surface area contributed by atoms with Crippen LogP contribution < -0.4 is 0 Å². The Labute approximate surface area is 247 Å². The number of ether oxygens (including phenoxy) is 4. The summed E-state index contributed by atoms with van der Waals surface area (Å²) >= 11 is 0. The third-order valence-corrected chi connectivity index (χ3v) is 7.55. The fraction of sp³-hybridized carbons (Fsp3) is 0.250. The van der Waals surface area contributed by atoms with Crippen LogP contribution in [0, 0.1) is 0 Å². The smallest absolute Gasteiger partial charge is 0.144 e. The van der Waals surface area contributed by atoms with E-state index in [1.807, 2.05) is 85.2 Å². The highest BCUT2D eigenvalue weighted by Gasteiger charge is 2.46. The minimum absolute atomic E-state index is 0.160. The van der Waals surface area contributed by atoms with Crippen LogP contribution in [-0.4, -0.2) is 28.4 Å². The van der Waals surface area contributed by atoms with Gasteiger partial charge in [0, 0.05) is 12.4 Å². The molecule has 42 heavy (non-hydrogen) atoms. The molecule has 0 bridgehead atoms. The van der Waals surface area contributed by atoms with Crippen LogP contribution in [0.3, 0.4) is 0 Å². The van der Waals surface area contributed by atoms with Crippen molar-refractivity contribution in [1.82, 2.24) is 9.55 Å². The Kier molecular flexibility index (Phi) is 9.49. The summed E-state index contributed by atoms with van der Waals surface area (Å²) in [4.78, 5) is 4.77. The van der Waals surface area contributed by atoms with Crippen LogP contribution in [0.1, 0.15) is 40.2 Å². The van der Waals surface area contributed by atoms with Gasteiger partial charge in [0.2, 0.25) is 0 Å². The van der Waals surface area contributed by atoms with E-state index in [0.29, 0.717) is 33.0 Å². The lowest BCUT2D eigenvalue weighted by molar-refractivity contribution is -0.188. The molecule has 4 aromatic carbocycles. The zero-order valence-electron chi connectivity index (χ0n) is 23.6. The highest BCUT2D eigenvalue weighted by Crippen LogP contribution is 2.39. The molecule has 0 amide bonds. The second-order valence-electron chi connectivity index (χ2n) is 10.5. The van der Waals surface area contributed by atoms with Crippen molar-refractivity contribution in [2.45, 2.75) is 50.8 Å². The normalized spacial score (nSPS) is 19.8. The van der Waals surface area contributed by atoms with Crippen LogP contribution in [0.4, 0.5) is 0 Å². The molecule has 4 atom stereocenters. The molecule has 6 rings (SSSR count). The molecule has 0 unspecified atom stereocenters. The molecule has 6 heteroatoms. The summed E-state index contributed by atoms with van der Waals surface area (Å²) in [6, 6.07) is 40.7. The van der Waals surface area contributed by atoms with Gasteiger partial charge in [-0.15, -0.1) is 0 Å². The van der Waals surface area contributed by atoms with Crippen molar-refractivity contribution in [2.24, 2.45) is 0 Å². The predicted octanol–water partition coefficient (Wildman–Crippen LogP) is 7.08. The maximum atomic E-state index is 6.76. The van der Waals surface area contributed by atoms with Gasteiger partial charge in [0.15, 0.2) is 0 Å². The van der Waals surface area contributed by atoms with Crippen LogP contribution in [0.2, 0.25) is 0 Å². The zero-order valence-corrected chi connectivity index (χ0v) is 23.6. The topological polar surface area (TPSA) is 54.7 Å². The Balaban J connectivity index is 1.30. The van der Waals surface area contributed by atoms with E-state index in [-0.39, 0.29) is 12.1 Å². The van der Waals surface area contributed by atoms with E-state index >= 15 is 0 Å². The fourth-order valence-electron chi connectivity index (χ4n) is 5.42. The summed E-state index contributed by atoms with van der Waals surface area (Å²) in [5.41, 5.74) is 4.41. The standard InChI is InChI=1S/C36H36N2O4/c1-5-13-28(14-6-1)23-39-27-32-33(40-24-29-15-7-2-8-16-29)34(41-25-30-17-9-3-10-18-30)35(36-37-21-22-38(32)36)42-26-31-19-11-4-12-20-31/h1-22,32-35H,23-27H2/t32-,33-,34+,35+/m1/s1. The average molecular weight is 561 g/mol. The van der Waals surface area contributed by atoms with Crippen molar-refractivity contribution in [2.75, 3.05) is 6.61 Å². The highest BCUT2D eigenvalue weighted by molar-refractivity contribution is 5.18. The predicted molar refractivity (Wildman–Crippen MR) is 161 cm³/mol. The van der Waals surface area contributed by atoms with Crippen LogP contribution in [0.15, 0.2) is 134 Å². The largest absolute Gasteiger partial charge is 0.375 e. The Morgan fingerprint density at radius 2 is 0.976 bits per heavy atom. The van der Waals surface area contributed by atoms with E-state index in [4.69, 9.17) is 23.9 Å². The first-order valence-corrected chi connectivity index (χ1v) is 14.5. The molecule has 0 spiro atoms. The molecule has 1 aromatic heterocycles. The molecule has 0 fully saturated rings. The SMILES string of the molecule is c1ccc(COC[C@@H]2[C@@H](OCc3ccccc3)[C@H](OCc3ccccc3)[C@H](OCc3ccccc3)c3nccn32)cc1. The summed E-state index contributed by atoms with van der Waals surface area (Å²) in [5, 5.41) is 0. The molecule has 0 N–H and O–H groups in total. The van der Waals surface area contributed by atoms with Gasteiger partial charge >= 0.3 is 0 Å². The highest BCUT2D eigenvalue weighted by atomic mass is 16.6. The lowest BCUT2D eigenvalue weighted by Crippen LogP contribution is -2.50. The molecule has 1 aliphatic rings. The first-order valence-electron chi connectivity index (χ1n) is 14.5. The number of aromatic nitrogens is 2. The summed E-state index contributed by atoms with van der Waals surface area (Å²) in [6.45, 7) is 2.26. The molecule has 6 nitrogen and oxygen atoms in total. The maximum absolute atomic E-state index is 6.76. The summed E-state index contributed by atoms with van der Waals surface area (Å²) in [7, 11) is 0. The maximum Gasteiger partial charge on any atom is 0.144 e. The van der Waals surface area contributed by atoms with E-state index in [2.05, 4.69) is 53.1 Å². The molecule has 0 saturated heterocycles. The minimum atomic E-state index is -0.435. The van der Waals surface area contributed by atoms with Gasteiger partial charge in [-0.3, -0.25) is 0 Å². The van der Waals surface area contributed by atoms with Gasteiger partial charge in [-0.05, 0) is 22.3 Å². The zero-order chi connectivity index (χ0) is 28.4. The third kappa shape index (κ3) is 7.04. The van der Waals surface area contributed by atoms with Crippen molar-refractivity contribution in [3.8, 4) is 0 Å². The van der Waals surface area contributed by atoms with Gasteiger partial charge in [0.05, 0.1) is 39.1 Å². The average Bonchev–Trinajstić information content (AvgIpc) is 3.54. The van der Waals surface area contributed by atoms with E-state index in [1.54, 1.807) is 0 Å². The molecule has 2 heterocycles. The van der Waals surface area contributed by atoms with Gasteiger partial charge in [-0.2, -0.15) is 0 Å². The summed E-state index contributed by atoms with van der Waals surface area (Å²) in [6.07, 6.45) is 2.61. The van der Waals surface area contributed by atoms with Gasteiger partial charge < -0.3 is 23.5 Å². The monoisotopic (exact) mass is 560 g/mol. The molecular weight excluding hydrogens is 524 g/mol. The molecular formula is C36H36N2O4. The third-order valence-electron chi connectivity index (χ3n) is 7.55. The quantitative estimate of drug-likeness (QED) is 0.154. The van der Waals surface area contributed by atoms with Crippen molar-refractivity contribution in [3.63, 3.8) is 0 Å². The fourth-order valence-corrected chi connectivity index (χ4v) is 5.42. The van der Waals surface area contributed by atoms with Gasteiger partial charge in [-0.25, -0.2) is 4.98 Å². The van der Waals surface area contributed by atoms with Crippen molar-refractivity contribution < 1.29 is 18.9 Å². The summed E-state index contributed by atoms with van der Waals surface area (Å²) in [5.74, 6) is 0.817. The number of hydrogen-bond acceptors (Lipinski definition) is 5. The molecule has 0 radical (unpaired) electrons. The number of imidazole rings is 1. The van der Waals surface area contributed by atoms with Gasteiger partial charge in [0.25, 0.3) is 0 Å². The van der Waals surface area contributed by atoms with Gasteiger partial charge in [0.1, 0.15) is 24.1 Å². The van der Waals surface area contributed by atoms with Crippen LogP contribution in [0.5, 0.6) is 0 Å². The van der Waals surface area contributed by atoms with E-state index in [9.17, 15) is 0 Å². The van der Waals surface area contributed by atoms with Crippen LogP contribution in [-0.2, 0) is 45.4 Å². The van der Waals surface area contributed by atoms with Crippen LogP contribution >= 0.6 is 0 Å². The lowest BCUT2D eigenvalue weighted by Gasteiger charge is -2.43. The second kappa shape index (κ2) is 14.2. The second-order valence-corrected chi connectivity index (χ2v) is 10.5. The number of hydrogen-bond donors (Lipinski definition) is 0. The number of nitrogens with zero attached hydrogens (tertiary/aromatic N) is 2. The van der Waals surface area contributed by atoms with Gasteiger partial charge in [-0.1, -0.05) is 121 Å². The van der Waals surface area contributed by atoms with E-state index < -0.39 is 12.2 Å². The molecule has 5 aromatic rings. The van der Waals surface area contributed by atoms with Crippen molar-refractivity contribution in [1.29, 1.82) is 0 Å². The molecule has 1 aliphatic heterocycles. The van der Waals surface area contributed by atoms with Crippen LogP contribution in [0.25, 0.3) is 0 Å². The molecule has 0 saturated carbocycles. The Morgan fingerprint density at radius 3 is 1.50 bits per heavy atom. The number of rotatable bonds is 13. The Morgan fingerprint density at radius 1 is 0.524 bits per heavy atom. The number of benzene rings is 4. The van der Waals surface area contributed by atoms with E-state index in [1.165, 1.54) is 0 Å².